The molecular formula is C7H6O7. The predicted molar refractivity (Wildman–Crippen MR) is 37.9 cm³/mol. The summed E-state index contributed by atoms with van der Waals surface area (Å²) < 4.78 is 7.90. The number of cyclic esters (lactones) is 4. The number of carboxylic acid groups (broad SMARTS) is 1. The molecule has 1 aliphatic heterocycles. The summed E-state index contributed by atoms with van der Waals surface area (Å²) in [6.45, 7) is 0.984. The molecule has 14 heavy (non-hydrogen) atoms. The van der Waals surface area contributed by atoms with Gasteiger partial charge in [0.2, 0.25) is 0 Å². The maximum absolute atomic E-state index is 11.1. The lowest BCUT2D eigenvalue weighted by Gasteiger charge is -2.15. The molecule has 0 aliphatic carbocycles. The first-order valence-electron chi connectivity index (χ1n) is 3.56. The van der Waals surface area contributed by atoms with E-state index in [9.17, 15) is 19.2 Å². The Labute approximate surface area is 77.6 Å². The van der Waals surface area contributed by atoms with Crippen LogP contribution in [0, 0.1) is 5.41 Å². The third kappa shape index (κ3) is 1.56. The molecule has 0 radical (unpaired) electrons. The second-order valence-corrected chi connectivity index (χ2v) is 2.93. The summed E-state index contributed by atoms with van der Waals surface area (Å²) in [5, 5.41) is 8.68. The predicted octanol–water partition coefficient (Wildman–Crippen LogP) is -0.313. The topological polar surface area (TPSA) is 107 Å². The van der Waals surface area contributed by atoms with E-state index >= 15 is 0 Å². The van der Waals surface area contributed by atoms with Crippen LogP contribution < -0.4 is 0 Å². The lowest BCUT2D eigenvalue weighted by Crippen LogP contribution is -2.38. The Bertz CT molecular complexity index is 331. The molecule has 7 nitrogen and oxygen atoms in total. The number of hydrogen-bond acceptors (Lipinski definition) is 6. The highest BCUT2D eigenvalue weighted by Crippen LogP contribution is 2.27. The van der Waals surface area contributed by atoms with Crippen molar-refractivity contribution in [3.63, 3.8) is 0 Å². The van der Waals surface area contributed by atoms with Gasteiger partial charge in [-0.2, -0.15) is 0 Å². The van der Waals surface area contributed by atoms with Crippen LogP contribution in [0.15, 0.2) is 0 Å². The number of carbonyl (C=O) groups excluding carboxylic acids is 3. The standard InChI is InChI=1S/C7H6O7/c1-7(4(9)10)2-3(8)13-6(12)14-5(7)11/h2H2,1H3,(H,9,10). The Balaban J connectivity index is 3.06. The van der Waals surface area contributed by atoms with Gasteiger partial charge in [0.15, 0.2) is 5.41 Å². The average molecular weight is 202 g/mol. The van der Waals surface area contributed by atoms with E-state index in [-0.39, 0.29) is 0 Å². The summed E-state index contributed by atoms with van der Waals surface area (Å²) in [6.07, 6.45) is -2.22. The first-order valence-corrected chi connectivity index (χ1v) is 3.56. The largest absolute Gasteiger partial charge is 0.524 e. The number of rotatable bonds is 1. The van der Waals surface area contributed by atoms with Gasteiger partial charge in [-0.05, 0) is 6.92 Å². The zero-order valence-electron chi connectivity index (χ0n) is 7.10. The molecular weight excluding hydrogens is 196 g/mol. The summed E-state index contributed by atoms with van der Waals surface area (Å²) in [6, 6.07) is 0. The van der Waals surface area contributed by atoms with Gasteiger partial charge in [0.05, 0.1) is 6.42 Å². The van der Waals surface area contributed by atoms with Crippen LogP contribution in [0.25, 0.3) is 0 Å². The SMILES string of the molecule is CC1(C(=O)O)CC(=O)OC(=O)OC1=O. The summed E-state index contributed by atoms with van der Waals surface area (Å²) in [5.74, 6) is -3.96. The van der Waals surface area contributed by atoms with Crippen LogP contribution in [0.3, 0.4) is 0 Å². The second kappa shape index (κ2) is 3.09. The number of ether oxygens (including phenoxy) is 2. The minimum absolute atomic E-state index is 0.729. The van der Waals surface area contributed by atoms with Gasteiger partial charge in [-0.3, -0.25) is 14.4 Å². The molecule has 1 aliphatic rings. The molecule has 1 rings (SSSR count). The minimum Gasteiger partial charge on any atom is -0.480 e. The van der Waals surface area contributed by atoms with Crippen LogP contribution >= 0.6 is 0 Å². The summed E-state index contributed by atoms with van der Waals surface area (Å²) in [5.41, 5.74) is -2.07. The minimum atomic E-state index is -2.07. The fraction of sp³-hybridized carbons (Fsp3) is 0.429. The third-order valence-corrected chi connectivity index (χ3v) is 1.79. The van der Waals surface area contributed by atoms with Crippen LogP contribution in [0.5, 0.6) is 0 Å². The molecule has 1 atom stereocenters. The highest BCUT2D eigenvalue weighted by atomic mass is 16.8. The van der Waals surface area contributed by atoms with E-state index in [2.05, 4.69) is 9.47 Å². The number of aliphatic carboxylic acids is 1. The van der Waals surface area contributed by atoms with Crippen molar-refractivity contribution in [2.45, 2.75) is 13.3 Å². The molecule has 0 amide bonds. The maximum Gasteiger partial charge on any atom is 0.524 e. The molecule has 1 N–H and O–H groups in total. The van der Waals surface area contributed by atoms with Crippen molar-refractivity contribution in [1.29, 1.82) is 0 Å². The van der Waals surface area contributed by atoms with Gasteiger partial charge in [0.25, 0.3) is 0 Å². The number of carboxylic acids is 1. The van der Waals surface area contributed by atoms with E-state index < -0.39 is 35.9 Å². The zero-order valence-corrected chi connectivity index (χ0v) is 7.10. The number of carbonyl (C=O) groups is 4. The number of esters is 2. The normalized spacial score (nSPS) is 27.6. The summed E-state index contributed by atoms with van der Waals surface area (Å²) >= 11 is 0. The van der Waals surface area contributed by atoms with Crippen molar-refractivity contribution in [3.05, 3.63) is 0 Å². The lowest BCUT2D eigenvalue weighted by atomic mass is 9.87. The average Bonchev–Trinajstić information content (AvgIpc) is 2.10. The van der Waals surface area contributed by atoms with Crippen molar-refractivity contribution in [1.82, 2.24) is 0 Å². The Morgan fingerprint density at radius 2 is 1.93 bits per heavy atom. The molecule has 1 saturated heterocycles. The molecule has 7 heteroatoms. The molecule has 0 aromatic rings. The van der Waals surface area contributed by atoms with Crippen molar-refractivity contribution in [2.75, 3.05) is 0 Å². The third-order valence-electron chi connectivity index (χ3n) is 1.79. The molecule has 0 bridgehead atoms. The van der Waals surface area contributed by atoms with Crippen molar-refractivity contribution < 1.29 is 33.8 Å². The van der Waals surface area contributed by atoms with Gasteiger partial charge in [0, 0.05) is 0 Å². The fourth-order valence-electron chi connectivity index (χ4n) is 0.862. The monoisotopic (exact) mass is 202 g/mol. The zero-order chi connectivity index (χ0) is 10.9. The van der Waals surface area contributed by atoms with E-state index in [1.54, 1.807) is 0 Å². The van der Waals surface area contributed by atoms with E-state index in [1.807, 2.05) is 0 Å². The summed E-state index contributed by atoms with van der Waals surface area (Å²) in [7, 11) is 0. The summed E-state index contributed by atoms with van der Waals surface area (Å²) in [4.78, 5) is 43.1. The number of hydrogen-bond donors (Lipinski definition) is 1. The maximum atomic E-state index is 11.1. The molecule has 0 spiro atoms. The molecule has 0 aromatic heterocycles. The van der Waals surface area contributed by atoms with E-state index in [4.69, 9.17) is 5.11 Å². The van der Waals surface area contributed by atoms with Gasteiger partial charge >= 0.3 is 24.1 Å². The lowest BCUT2D eigenvalue weighted by molar-refractivity contribution is -0.163. The van der Waals surface area contributed by atoms with Crippen LogP contribution in [0.2, 0.25) is 0 Å². The van der Waals surface area contributed by atoms with Gasteiger partial charge in [-0.25, -0.2) is 4.79 Å². The highest BCUT2D eigenvalue weighted by Gasteiger charge is 2.49. The molecule has 76 valence electrons. The Kier molecular flexibility index (Phi) is 2.24. The molecule has 1 unspecified atom stereocenters. The van der Waals surface area contributed by atoms with E-state index in [1.165, 1.54) is 0 Å². The van der Waals surface area contributed by atoms with E-state index in [0.29, 0.717) is 0 Å². The van der Waals surface area contributed by atoms with Gasteiger partial charge in [-0.1, -0.05) is 0 Å². The second-order valence-electron chi connectivity index (χ2n) is 2.93. The van der Waals surface area contributed by atoms with Gasteiger partial charge in [0.1, 0.15) is 0 Å². The van der Waals surface area contributed by atoms with Crippen molar-refractivity contribution in [2.24, 2.45) is 5.41 Å². The van der Waals surface area contributed by atoms with Crippen molar-refractivity contribution in [3.8, 4) is 0 Å². The first-order chi connectivity index (χ1) is 6.36. The Morgan fingerprint density at radius 1 is 1.36 bits per heavy atom. The van der Waals surface area contributed by atoms with Gasteiger partial charge in [-0.15, -0.1) is 0 Å². The van der Waals surface area contributed by atoms with Crippen LogP contribution in [0.4, 0.5) is 4.79 Å². The van der Waals surface area contributed by atoms with Crippen LogP contribution in [0.1, 0.15) is 13.3 Å². The molecule has 0 aromatic carbocycles. The first kappa shape index (κ1) is 10.2. The van der Waals surface area contributed by atoms with Crippen LogP contribution in [-0.2, 0) is 23.9 Å². The van der Waals surface area contributed by atoms with E-state index in [0.717, 1.165) is 6.92 Å². The molecule has 1 heterocycles. The Morgan fingerprint density at radius 3 is 2.43 bits per heavy atom. The van der Waals surface area contributed by atoms with Crippen molar-refractivity contribution >= 4 is 24.1 Å². The fourth-order valence-corrected chi connectivity index (χ4v) is 0.862. The van der Waals surface area contributed by atoms with Gasteiger partial charge < -0.3 is 14.6 Å². The highest BCUT2D eigenvalue weighted by molar-refractivity contribution is 6.07. The smallest absolute Gasteiger partial charge is 0.480 e. The van der Waals surface area contributed by atoms with Crippen LogP contribution in [-0.4, -0.2) is 29.2 Å². The molecule has 0 saturated carbocycles. The molecule has 1 fully saturated rings. The Hall–Kier alpha value is -1.92. The quantitative estimate of drug-likeness (QED) is 0.458.